The van der Waals surface area contributed by atoms with Crippen molar-refractivity contribution in [1.82, 2.24) is 14.6 Å². The molecular weight excluding hydrogens is 212 g/mol. The first-order valence-electron chi connectivity index (χ1n) is 6.31. The van der Waals surface area contributed by atoms with Crippen LogP contribution >= 0.6 is 0 Å². The molecule has 2 N–H and O–H groups in total. The third kappa shape index (κ3) is 2.05. The van der Waals surface area contributed by atoms with E-state index in [0.29, 0.717) is 12.0 Å². The van der Waals surface area contributed by atoms with Gasteiger partial charge >= 0.3 is 0 Å². The Balaban J connectivity index is 1.90. The van der Waals surface area contributed by atoms with E-state index < -0.39 is 0 Å². The SMILES string of the molecule is Cc1ccn2nc(C3CCC(N)CC3)nc2c1. The van der Waals surface area contributed by atoms with E-state index >= 15 is 0 Å². The largest absolute Gasteiger partial charge is 0.328 e. The molecule has 2 aromatic rings. The molecule has 1 aliphatic rings. The zero-order valence-electron chi connectivity index (χ0n) is 10.1. The molecule has 1 saturated carbocycles. The van der Waals surface area contributed by atoms with Crippen molar-refractivity contribution in [3.8, 4) is 0 Å². The summed E-state index contributed by atoms with van der Waals surface area (Å²) >= 11 is 0. The minimum atomic E-state index is 0.380. The Bertz CT molecular complexity index is 523. The summed E-state index contributed by atoms with van der Waals surface area (Å²) in [4.78, 5) is 4.63. The lowest BCUT2D eigenvalue weighted by Crippen LogP contribution is -2.26. The number of nitrogens with zero attached hydrogens (tertiary/aromatic N) is 3. The Morgan fingerprint density at radius 1 is 1.29 bits per heavy atom. The second kappa shape index (κ2) is 4.11. The number of aryl methyl sites for hydroxylation is 1. The number of hydrogen-bond donors (Lipinski definition) is 1. The van der Waals surface area contributed by atoms with E-state index in [-0.39, 0.29) is 0 Å². The number of pyridine rings is 1. The first-order chi connectivity index (χ1) is 8.22. The van der Waals surface area contributed by atoms with E-state index in [1.165, 1.54) is 5.56 Å². The van der Waals surface area contributed by atoms with Gasteiger partial charge in [0.25, 0.3) is 0 Å². The quantitative estimate of drug-likeness (QED) is 0.815. The molecule has 0 amide bonds. The van der Waals surface area contributed by atoms with Crippen molar-refractivity contribution in [2.75, 3.05) is 0 Å². The maximum atomic E-state index is 5.92. The monoisotopic (exact) mass is 230 g/mol. The third-order valence-electron chi connectivity index (χ3n) is 3.65. The van der Waals surface area contributed by atoms with Gasteiger partial charge in [-0.1, -0.05) is 0 Å². The van der Waals surface area contributed by atoms with E-state index in [0.717, 1.165) is 37.2 Å². The number of aromatic nitrogens is 3. The van der Waals surface area contributed by atoms with Crippen LogP contribution in [-0.4, -0.2) is 20.6 Å². The topological polar surface area (TPSA) is 56.2 Å². The predicted octanol–water partition coefficient (Wildman–Crippen LogP) is 2.02. The van der Waals surface area contributed by atoms with Crippen molar-refractivity contribution in [3.63, 3.8) is 0 Å². The van der Waals surface area contributed by atoms with Gasteiger partial charge in [-0.25, -0.2) is 9.50 Å². The molecule has 0 saturated heterocycles. The van der Waals surface area contributed by atoms with Crippen LogP contribution < -0.4 is 5.73 Å². The molecule has 17 heavy (non-hydrogen) atoms. The van der Waals surface area contributed by atoms with Crippen molar-refractivity contribution in [3.05, 3.63) is 29.7 Å². The first-order valence-corrected chi connectivity index (χ1v) is 6.31. The van der Waals surface area contributed by atoms with Gasteiger partial charge in [-0.3, -0.25) is 0 Å². The molecule has 1 aliphatic carbocycles. The Hall–Kier alpha value is -1.42. The summed E-state index contributed by atoms with van der Waals surface area (Å²) in [5.41, 5.74) is 8.10. The highest BCUT2D eigenvalue weighted by Crippen LogP contribution is 2.30. The van der Waals surface area contributed by atoms with Gasteiger partial charge in [-0.2, -0.15) is 5.10 Å². The lowest BCUT2D eigenvalue weighted by molar-refractivity contribution is 0.385. The van der Waals surface area contributed by atoms with Gasteiger partial charge in [0.1, 0.15) is 0 Å². The molecule has 0 atom stereocenters. The molecule has 4 heteroatoms. The highest BCUT2D eigenvalue weighted by atomic mass is 15.3. The fourth-order valence-corrected chi connectivity index (χ4v) is 2.55. The van der Waals surface area contributed by atoms with Gasteiger partial charge in [0, 0.05) is 18.2 Å². The average molecular weight is 230 g/mol. The molecule has 0 bridgehead atoms. The molecule has 0 aliphatic heterocycles. The van der Waals surface area contributed by atoms with E-state index in [4.69, 9.17) is 5.73 Å². The maximum Gasteiger partial charge on any atom is 0.155 e. The van der Waals surface area contributed by atoms with Crippen molar-refractivity contribution < 1.29 is 0 Å². The molecule has 90 valence electrons. The normalized spacial score (nSPS) is 25.3. The second-order valence-electron chi connectivity index (χ2n) is 5.09. The molecule has 2 aromatic heterocycles. The lowest BCUT2D eigenvalue weighted by atomic mass is 9.86. The van der Waals surface area contributed by atoms with Gasteiger partial charge in [0.2, 0.25) is 0 Å². The van der Waals surface area contributed by atoms with Crippen molar-refractivity contribution in [1.29, 1.82) is 0 Å². The van der Waals surface area contributed by atoms with Crippen LogP contribution in [0.25, 0.3) is 5.65 Å². The van der Waals surface area contributed by atoms with Crippen LogP contribution in [0.2, 0.25) is 0 Å². The number of rotatable bonds is 1. The van der Waals surface area contributed by atoms with E-state index in [9.17, 15) is 0 Å². The Morgan fingerprint density at radius 3 is 2.82 bits per heavy atom. The summed E-state index contributed by atoms with van der Waals surface area (Å²) in [7, 11) is 0. The standard InChI is InChI=1S/C13H18N4/c1-9-6-7-17-12(8-9)15-13(16-17)10-2-4-11(14)5-3-10/h6-8,10-11H,2-5,14H2,1H3. The summed E-state index contributed by atoms with van der Waals surface area (Å²) in [6, 6.07) is 4.51. The molecule has 1 fully saturated rings. The van der Waals surface area contributed by atoms with Crippen LogP contribution in [0.4, 0.5) is 0 Å². The molecule has 0 radical (unpaired) electrons. The van der Waals surface area contributed by atoms with Gasteiger partial charge in [-0.05, 0) is 50.3 Å². The minimum Gasteiger partial charge on any atom is -0.328 e. The fourth-order valence-electron chi connectivity index (χ4n) is 2.55. The molecule has 0 aromatic carbocycles. The fraction of sp³-hybridized carbons (Fsp3) is 0.538. The predicted molar refractivity (Wildman–Crippen MR) is 66.9 cm³/mol. The van der Waals surface area contributed by atoms with Gasteiger partial charge in [0.05, 0.1) is 0 Å². The van der Waals surface area contributed by atoms with Crippen molar-refractivity contribution >= 4 is 5.65 Å². The number of fused-ring (bicyclic) bond motifs is 1. The highest BCUT2D eigenvalue weighted by Gasteiger charge is 2.23. The highest BCUT2D eigenvalue weighted by molar-refractivity contribution is 5.40. The van der Waals surface area contributed by atoms with Gasteiger partial charge in [-0.15, -0.1) is 0 Å². The van der Waals surface area contributed by atoms with Crippen LogP contribution in [0.5, 0.6) is 0 Å². The maximum absolute atomic E-state index is 5.92. The van der Waals surface area contributed by atoms with Crippen LogP contribution in [0.3, 0.4) is 0 Å². The van der Waals surface area contributed by atoms with E-state index in [1.807, 2.05) is 10.7 Å². The minimum absolute atomic E-state index is 0.380. The van der Waals surface area contributed by atoms with Crippen LogP contribution in [0.15, 0.2) is 18.3 Å². The Labute approximate surface area is 101 Å². The molecular formula is C13H18N4. The zero-order chi connectivity index (χ0) is 11.8. The van der Waals surface area contributed by atoms with Crippen molar-refractivity contribution in [2.24, 2.45) is 5.73 Å². The third-order valence-corrected chi connectivity index (χ3v) is 3.65. The first kappa shape index (κ1) is 10.7. The van der Waals surface area contributed by atoms with Gasteiger partial charge < -0.3 is 5.73 Å². The average Bonchev–Trinajstić information content (AvgIpc) is 2.72. The Kier molecular flexibility index (Phi) is 2.59. The lowest BCUT2D eigenvalue weighted by Gasteiger charge is -2.23. The van der Waals surface area contributed by atoms with Crippen LogP contribution in [0, 0.1) is 6.92 Å². The summed E-state index contributed by atoms with van der Waals surface area (Å²) < 4.78 is 1.87. The number of hydrogen-bond acceptors (Lipinski definition) is 3. The summed E-state index contributed by atoms with van der Waals surface area (Å²) in [5.74, 6) is 1.48. The van der Waals surface area contributed by atoms with Crippen LogP contribution in [-0.2, 0) is 0 Å². The smallest absolute Gasteiger partial charge is 0.155 e. The molecule has 4 nitrogen and oxygen atoms in total. The van der Waals surface area contributed by atoms with E-state index in [2.05, 4.69) is 29.1 Å². The van der Waals surface area contributed by atoms with Crippen molar-refractivity contribution in [2.45, 2.75) is 44.6 Å². The summed E-state index contributed by atoms with van der Waals surface area (Å²) in [6.07, 6.45) is 6.42. The summed E-state index contributed by atoms with van der Waals surface area (Å²) in [6.45, 7) is 2.08. The number of nitrogens with two attached hydrogens (primary N) is 1. The molecule has 3 rings (SSSR count). The van der Waals surface area contributed by atoms with Gasteiger partial charge in [0.15, 0.2) is 11.5 Å². The van der Waals surface area contributed by atoms with E-state index in [1.54, 1.807) is 0 Å². The molecule has 2 heterocycles. The second-order valence-corrected chi connectivity index (χ2v) is 5.09. The Morgan fingerprint density at radius 2 is 2.06 bits per heavy atom. The molecule has 0 unspecified atom stereocenters. The van der Waals surface area contributed by atoms with Crippen LogP contribution in [0.1, 0.15) is 43.0 Å². The molecule has 0 spiro atoms. The zero-order valence-corrected chi connectivity index (χ0v) is 10.1. The summed E-state index contributed by atoms with van der Waals surface area (Å²) in [5, 5.41) is 4.57.